The van der Waals surface area contributed by atoms with Crippen LogP contribution in [0.5, 0.6) is 5.75 Å². The fourth-order valence-corrected chi connectivity index (χ4v) is 5.54. The maximum Gasteiger partial charge on any atom is 0.348 e. The van der Waals surface area contributed by atoms with Crippen molar-refractivity contribution >= 4 is 51.3 Å². The maximum atomic E-state index is 14.1. The number of hydrogen-bond donors (Lipinski definition) is 1. The Morgan fingerprint density at radius 1 is 1.15 bits per heavy atom. The summed E-state index contributed by atoms with van der Waals surface area (Å²) < 4.78 is 24.5. The van der Waals surface area contributed by atoms with Gasteiger partial charge in [0.15, 0.2) is 5.78 Å². The van der Waals surface area contributed by atoms with E-state index >= 15 is 0 Å². The third-order valence-electron chi connectivity index (χ3n) is 6.42. The molecule has 1 aliphatic heterocycles. The Bertz CT molecular complexity index is 1480. The van der Waals surface area contributed by atoms with Gasteiger partial charge in [0.2, 0.25) is 5.91 Å². The van der Waals surface area contributed by atoms with Crippen LogP contribution in [0, 0.1) is 18.7 Å². The molecule has 0 spiro atoms. The minimum Gasteiger partial charge on any atom is -0.496 e. The van der Waals surface area contributed by atoms with E-state index < -0.39 is 23.5 Å². The smallest absolute Gasteiger partial charge is 0.348 e. The summed E-state index contributed by atoms with van der Waals surface area (Å²) in [5, 5.41) is 3.29. The van der Waals surface area contributed by atoms with E-state index in [1.54, 1.807) is 56.9 Å². The van der Waals surface area contributed by atoms with Gasteiger partial charge in [-0.1, -0.05) is 26.0 Å². The highest BCUT2D eigenvalue weighted by Crippen LogP contribution is 2.42. The number of nitrogens with one attached hydrogen (secondary N) is 1. The van der Waals surface area contributed by atoms with E-state index in [2.05, 4.69) is 5.32 Å². The molecule has 4 rings (SSSR count). The molecule has 2 heterocycles. The first-order chi connectivity index (χ1) is 19.1. The van der Waals surface area contributed by atoms with E-state index in [0.717, 1.165) is 17.4 Å². The standard InChI is InChI=1S/C29H30FN3O6S/c1-6-39-29(37)25-17(4)24-27(36)33(21-10-8-7-9-20(21)31-26(35)16(2)3)15-32(28(24)40-25)14-22(34)19-13-18(30)11-12-23(19)38-5/h7-13,16H,6,14-15H2,1-5H3,(H,31,35). The molecule has 2 amide bonds. The Kier molecular flexibility index (Phi) is 8.53. The van der Waals surface area contributed by atoms with Crippen molar-refractivity contribution in [2.75, 3.05) is 42.0 Å². The minimum absolute atomic E-state index is 0.0518. The van der Waals surface area contributed by atoms with Crippen LogP contribution in [0.15, 0.2) is 42.5 Å². The highest BCUT2D eigenvalue weighted by atomic mass is 32.1. The van der Waals surface area contributed by atoms with Crippen LogP contribution in [0.2, 0.25) is 0 Å². The summed E-state index contributed by atoms with van der Waals surface area (Å²) in [5.41, 5.74) is 1.59. The van der Waals surface area contributed by atoms with Gasteiger partial charge in [-0.2, -0.15) is 0 Å². The lowest BCUT2D eigenvalue weighted by Gasteiger charge is -2.37. The second-order valence-electron chi connectivity index (χ2n) is 9.46. The predicted octanol–water partition coefficient (Wildman–Crippen LogP) is 5.28. The van der Waals surface area contributed by atoms with Crippen molar-refractivity contribution in [2.45, 2.75) is 27.7 Å². The monoisotopic (exact) mass is 567 g/mol. The Morgan fingerprint density at radius 3 is 2.55 bits per heavy atom. The number of amides is 2. The number of rotatable bonds is 9. The molecule has 0 bridgehead atoms. The third kappa shape index (κ3) is 5.55. The highest BCUT2D eigenvalue weighted by Gasteiger charge is 2.38. The molecule has 0 unspecified atom stereocenters. The molecule has 11 heteroatoms. The zero-order valence-electron chi connectivity index (χ0n) is 22.9. The fraction of sp³-hybridized carbons (Fsp3) is 0.310. The number of esters is 1. The van der Waals surface area contributed by atoms with E-state index in [9.17, 15) is 23.6 Å². The Balaban J connectivity index is 1.81. The molecule has 0 saturated heterocycles. The molecule has 1 aliphatic rings. The Labute approximate surface area is 235 Å². The molecule has 0 atom stereocenters. The van der Waals surface area contributed by atoms with Gasteiger partial charge < -0.3 is 19.7 Å². The summed E-state index contributed by atoms with van der Waals surface area (Å²) in [6, 6.07) is 10.5. The fourth-order valence-electron chi connectivity index (χ4n) is 4.35. The molecule has 3 aromatic rings. The molecule has 0 aliphatic carbocycles. The number of methoxy groups -OCH3 is 1. The van der Waals surface area contributed by atoms with Crippen molar-refractivity contribution in [1.29, 1.82) is 0 Å². The SMILES string of the molecule is CCOC(=O)c1sc2c(c1C)C(=O)N(c1ccccc1NC(=O)C(C)C)CN2CC(=O)c1cc(F)ccc1OC. The van der Waals surface area contributed by atoms with Crippen molar-refractivity contribution in [3.05, 3.63) is 69.8 Å². The van der Waals surface area contributed by atoms with Gasteiger partial charge in [-0.05, 0) is 49.7 Å². The van der Waals surface area contributed by atoms with Crippen molar-refractivity contribution in [1.82, 2.24) is 0 Å². The van der Waals surface area contributed by atoms with Crippen LogP contribution in [-0.4, -0.2) is 50.5 Å². The van der Waals surface area contributed by atoms with Crippen LogP contribution in [0.1, 0.15) is 56.7 Å². The molecular formula is C29H30FN3O6S. The molecule has 0 fully saturated rings. The predicted molar refractivity (Wildman–Crippen MR) is 151 cm³/mol. The zero-order chi connectivity index (χ0) is 29.1. The Morgan fingerprint density at radius 2 is 1.88 bits per heavy atom. The second-order valence-corrected chi connectivity index (χ2v) is 10.5. The first-order valence-corrected chi connectivity index (χ1v) is 13.5. The van der Waals surface area contributed by atoms with Crippen molar-refractivity contribution in [2.24, 2.45) is 5.92 Å². The van der Waals surface area contributed by atoms with E-state index in [0.29, 0.717) is 21.9 Å². The van der Waals surface area contributed by atoms with Crippen LogP contribution < -0.4 is 19.9 Å². The topological polar surface area (TPSA) is 105 Å². The van der Waals surface area contributed by atoms with Crippen LogP contribution >= 0.6 is 11.3 Å². The van der Waals surface area contributed by atoms with Crippen LogP contribution in [0.4, 0.5) is 20.8 Å². The first-order valence-electron chi connectivity index (χ1n) is 12.7. The lowest BCUT2D eigenvalue weighted by Crippen LogP contribution is -2.48. The number of thiophene rings is 1. The van der Waals surface area contributed by atoms with Gasteiger partial charge in [-0.15, -0.1) is 11.3 Å². The zero-order valence-corrected chi connectivity index (χ0v) is 23.7. The van der Waals surface area contributed by atoms with Gasteiger partial charge in [0.1, 0.15) is 21.4 Å². The van der Waals surface area contributed by atoms with E-state index in [4.69, 9.17) is 9.47 Å². The van der Waals surface area contributed by atoms with Gasteiger partial charge in [-0.3, -0.25) is 19.3 Å². The number of nitrogens with zero attached hydrogens (tertiary/aromatic N) is 2. The summed E-state index contributed by atoms with van der Waals surface area (Å²) in [7, 11) is 1.39. The van der Waals surface area contributed by atoms with Gasteiger partial charge in [-0.25, -0.2) is 9.18 Å². The second kappa shape index (κ2) is 11.9. The quantitative estimate of drug-likeness (QED) is 0.277. The van der Waals surface area contributed by atoms with Crippen LogP contribution in [-0.2, 0) is 9.53 Å². The molecule has 9 nitrogen and oxygen atoms in total. The van der Waals surface area contributed by atoms with E-state index in [1.807, 2.05) is 0 Å². The number of anilines is 3. The summed E-state index contributed by atoms with van der Waals surface area (Å²) in [6.07, 6.45) is 0. The van der Waals surface area contributed by atoms with Crippen LogP contribution in [0.25, 0.3) is 0 Å². The number of para-hydroxylation sites is 2. The summed E-state index contributed by atoms with van der Waals surface area (Å²) in [5.74, 6) is -2.29. The average Bonchev–Trinajstić information content (AvgIpc) is 3.28. The maximum absolute atomic E-state index is 14.1. The molecule has 1 N–H and O–H groups in total. The third-order valence-corrected chi connectivity index (χ3v) is 7.75. The number of carbonyl (C=O) groups excluding carboxylic acids is 4. The molecule has 0 radical (unpaired) electrons. The number of ketones is 1. The summed E-state index contributed by atoms with van der Waals surface area (Å²) in [6.45, 7) is 6.72. The van der Waals surface area contributed by atoms with Gasteiger partial charge in [0.25, 0.3) is 5.91 Å². The largest absolute Gasteiger partial charge is 0.496 e. The molecule has 40 heavy (non-hydrogen) atoms. The lowest BCUT2D eigenvalue weighted by atomic mass is 10.1. The minimum atomic E-state index is -0.591. The van der Waals surface area contributed by atoms with Crippen molar-refractivity contribution in [3.63, 3.8) is 0 Å². The average molecular weight is 568 g/mol. The number of Topliss-reactive ketones (excluding diaryl/α,β-unsaturated/α-hetero) is 1. The normalized spacial score (nSPS) is 12.8. The molecule has 0 saturated carbocycles. The van der Waals surface area contributed by atoms with Gasteiger partial charge in [0, 0.05) is 5.92 Å². The number of benzene rings is 2. The van der Waals surface area contributed by atoms with Gasteiger partial charge >= 0.3 is 5.97 Å². The number of carbonyl (C=O) groups is 4. The molecule has 210 valence electrons. The molecule has 2 aromatic carbocycles. The van der Waals surface area contributed by atoms with E-state index in [1.165, 1.54) is 24.1 Å². The lowest BCUT2D eigenvalue weighted by molar-refractivity contribution is -0.118. The Hall–Kier alpha value is -4.25. The molecular weight excluding hydrogens is 537 g/mol. The summed E-state index contributed by atoms with van der Waals surface area (Å²) in [4.78, 5) is 56.0. The van der Waals surface area contributed by atoms with E-state index in [-0.39, 0.29) is 53.4 Å². The number of hydrogen-bond acceptors (Lipinski definition) is 8. The number of ether oxygens (including phenoxy) is 2. The van der Waals surface area contributed by atoms with Crippen molar-refractivity contribution < 1.29 is 33.0 Å². The highest BCUT2D eigenvalue weighted by molar-refractivity contribution is 7.18. The van der Waals surface area contributed by atoms with Crippen molar-refractivity contribution in [3.8, 4) is 5.75 Å². The van der Waals surface area contributed by atoms with Gasteiger partial charge in [0.05, 0.1) is 49.4 Å². The number of fused-ring (bicyclic) bond motifs is 1. The number of halogens is 1. The first kappa shape index (κ1) is 28.8. The molecule has 1 aromatic heterocycles. The van der Waals surface area contributed by atoms with Crippen LogP contribution in [0.3, 0.4) is 0 Å². The summed E-state index contributed by atoms with van der Waals surface area (Å²) >= 11 is 1.06.